The summed E-state index contributed by atoms with van der Waals surface area (Å²) >= 11 is 0. The van der Waals surface area contributed by atoms with Gasteiger partial charge in [0.1, 0.15) is 0 Å². The zero-order chi connectivity index (χ0) is 13.8. The summed E-state index contributed by atoms with van der Waals surface area (Å²) in [7, 11) is 0. The average Bonchev–Trinajstić information content (AvgIpc) is 3.02. The maximum absolute atomic E-state index is 11.8. The van der Waals surface area contributed by atoms with Crippen LogP contribution in [0.2, 0.25) is 0 Å². The second kappa shape index (κ2) is 5.75. The van der Waals surface area contributed by atoms with E-state index in [0.717, 1.165) is 36.0 Å². The van der Waals surface area contributed by atoms with Gasteiger partial charge in [-0.1, -0.05) is 12.1 Å². The van der Waals surface area contributed by atoms with Crippen molar-refractivity contribution in [1.82, 2.24) is 20.7 Å². The fourth-order valence-electron chi connectivity index (χ4n) is 2.27. The molecule has 2 heterocycles. The van der Waals surface area contributed by atoms with Gasteiger partial charge in [-0.15, -0.1) is 0 Å². The molecule has 1 amide bonds. The fraction of sp³-hybridized carbons (Fsp3) is 0.286. The number of amides is 1. The number of carbonyl (C=O) groups excluding carboxylic acids is 1. The second-order valence-corrected chi connectivity index (χ2v) is 4.65. The van der Waals surface area contributed by atoms with E-state index in [1.807, 2.05) is 18.2 Å². The lowest BCUT2D eigenvalue weighted by Gasteiger charge is -2.06. The van der Waals surface area contributed by atoms with Crippen LogP contribution in [0, 0.1) is 0 Å². The van der Waals surface area contributed by atoms with Gasteiger partial charge >= 0.3 is 0 Å². The van der Waals surface area contributed by atoms with E-state index in [0.29, 0.717) is 0 Å². The molecule has 6 heteroatoms. The summed E-state index contributed by atoms with van der Waals surface area (Å²) in [6.07, 6.45) is 6.78. The highest BCUT2D eigenvalue weighted by atomic mass is 16.2. The first-order valence-electron chi connectivity index (χ1n) is 6.60. The predicted molar refractivity (Wildman–Crippen MR) is 76.3 cm³/mol. The molecule has 0 unspecified atom stereocenters. The molecule has 0 aliphatic carbocycles. The highest BCUT2D eigenvalue weighted by Gasteiger charge is 2.21. The van der Waals surface area contributed by atoms with Crippen molar-refractivity contribution >= 4 is 23.2 Å². The average molecular weight is 269 g/mol. The van der Waals surface area contributed by atoms with Crippen LogP contribution in [0.1, 0.15) is 18.4 Å². The molecule has 0 spiro atoms. The Bertz CT molecular complexity index is 644. The number of para-hydroxylation sites is 1. The summed E-state index contributed by atoms with van der Waals surface area (Å²) in [5.41, 5.74) is 4.96. The first kappa shape index (κ1) is 12.7. The Morgan fingerprint density at radius 2 is 2.30 bits per heavy atom. The van der Waals surface area contributed by atoms with Crippen molar-refractivity contribution in [3.63, 3.8) is 0 Å². The third-order valence-corrected chi connectivity index (χ3v) is 3.29. The van der Waals surface area contributed by atoms with E-state index in [4.69, 9.17) is 0 Å². The molecule has 3 rings (SSSR count). The third-order valence-electron chi connectivity index (χ3n) is 3.29. The molecule has 1 saturated heterocycles. The van der Waals surface area contributed by atoms with Crippen LogP contribution in [-0.2, 0) is 4.79 Å². The van der Waals surface area contributed by atoms with Gasteiger partial charge in [-0.2, -0.15) is 5.10 Å². The molecular formula is C14H15N5O. The van der Waals surface area contributed by atoms with Crippen molar-refractivity contribution in [3.05, 3.63) is 36.2 Å². The van der Waals surface area contributed by atoms with Crippen LogP contribution in [0.3, 0.4) is 0 Å². The number of hydrazone groups is 1. The van der Waals surface area contributed by atoms with Crippen LogP contribution in [0.4, 0.5) is 0 Å². The zero-order valence-electron chi connectivity index (χ0n) is 10.9. The number of fused-ring (bicyclic) bond motifs is 1. The van der Waals surface area contributed by atoms with Crippen LogP contribution >= 0.6 is 0 Å². The van der Waals surface area contributed by atoms with E-state index in [1.165, 1.54) is 0 Å². The van der Waals surface area contributed by atoms with Gasteiger partial charge in [-0.25, -0.2) is 5.43 Å². The maximum Gasteiger partial charge on any atom is 0.257 e. The van der Waals surface area contributed by atoms with E-state index in [-0.39, 0.29) is 11.9 Å². The Kier molecular flexibility index (Phi) is 3.64. The Morgan fingerprint density at radius 3 is 3.15 bits per heavy atom. The monoisotopic (exact) mass is 269 g/mol. The number of carbonyl (C=O) groups is 1. The molecule has 2 aromatic rings. The molecule has 1 aromatic heterocycles. The lowest BCUT2D eigenvalue weighted by atomic mass is 10.2. The highest BCUT2D eigenvalue weighted by molar-refractivity contribution is 5.96. The minimum absolute atomic E-state index is 0.0925. The molecule has 0 saturated carbocycles. The molecular weight excluding hydrogens is 254 g/mol. The molecule has 102 valence electrons. The molecule has 1 aliphatic rings. The molecule has 1 atom stereocenters. The largest absolute Gasteiger partial charge is 0.306 e. The van der Waals surface area contributed by atoms with Gasteiger partial charge in [0.25, 0.3) is 5.91 Å². The molecule has 0 radical (unpaired) electrons. The van der Waals surface area contributed by atoms with Gasteiger partial charge in [-0.05, 0) is 25.5 Å². The summed E-state index contributed by atoms with van der Waals surface area (Å²) in [5, 5.41) is 7.13. The lowest BCUT2D eigenvalue weighted by molar-refractivity contribution is -0.122. The van der Waals surface area contributed by atoms with E-state index in [2.05, 4.69) is 25.8 Å². The number of hydrogen-bond donors (Lipinski definition) is 2. The predicted octanol–water partition coefficient (Wildman–Crippen LogP) is 0.832. The van der Waals surface area contributed by atoms with Crippen LogP contribution in [0.5, 0.6) is 0 Å². The summed E-state index contributed by atoms with van der Waals surface area (Å²) in [6, 6.07) is 5.54. The van der Waals surface area contributed by atoms with Crippen LogP contribution < -0.4 is 10.7 Å². The Labute approximate surface area is 116 Å². The van der Waals surface area contributed by atoms with Crippen molar-refractivity contribution in [2.75, 3.05) is 6.54 Å². The van der Waals surface area contributed by atoms with Gasteiger partial charge in [-0.3, -0.25) is 14.8 Å². The number of aromatic nitrogens is 2. The first-order valence-corrected chi connectivity index (χ1v) is 6.60. The number of nitrogens with one attached hydrogen (secondary N) is 2. The van der Waals surface area contributed by atoms with Gasteiger partial charge in [0.05, 0.1) is 23.3 Å². The Morgan fingerprint density at radius 1 is 1.40 bits per heavy atom. The van der Waals surface area contributed by atoms with Crippen molar-refractivity contribution in [1.29, 1.82) is 0 Å². The Balaban J connectivity index is 1.72. The molecule has 1 aromatic carbocycles. The number of benzene rings is 1. The zero-order valence-corrected chi connectivity index (χ0v) is 10.9. The van der Waals surface area contributed by atoms with Crippen LogP contribution in [0.15, 0.2) is 35.7 Å². The van der Waals surface area contributed by atoms with E-state index < -0.39 is 0 Å². The molecule has 20 heavy (non-hydrogen) atoms. The van der Waals surface area contributed by atoms with Gasteiger partial charge in [0.15, 0.2) is 0 Å². The minimum Gasteiger partial charge on any atom is -0.306 e. The highest BCUT2D eigenvalue weighted by Crippen LogP contribution is 2.11. The number of nitrogens with zero attached hydrogens (tertiary/aromatic N) is 3. The van der Waals surface area contributed by atoms with E-state index in [1.54, 1.807) is 18.6 Å². The number of hydrogen-bond acceptors (Lipinski definition) is 5. The second-order valence-electron chi connectivity index (χ2n) is 4.65. The van der Waals surface area contributed by atoms with Gasteiger partial charge in [0.2, 0.25) is 0 Å². The minimum atomic E-state index is -0.126. The van der Waals surface area contributed by atoms with Crippen molar-refractivity contribution in [3.8, 4) is 0 Å². The van der Waals surface area contributed by atoms with Gasteiger partial charge in [0, 0.05) is 18.0 Å². The van der Waals surface area contributed by atoms with E-state index in [9.17, 15) is 4.79 Å². The topological polar surface area (TPSA) is 79.3 Å². The van der Waals surface area contributed by atoms with Crippen LogP contribution in [0.25, 0.3) is 11.0 Å². The molecule has 0 bridgehead atoms. The van der Waals surface area contributed by atoms with Crippen molar-refractivity contribution < 1.29 is 4.79 Å². The normalized spacial score (nSPS) is 18.7. The summed E-state index contributed by atoms with van der Waals surface area (Å²) < 4.78 is 0. The molecule has 2 N–H and O–H groups in total. The lowest BCUT2D eigenvalue weighted by Crippen LogP contribution is -2.38. The fourth-order valence-corrected chi connectivity index (χ4v) is 2.27. The van der Waals surface area contributed by atoms with Crippen molar-refractivity contribution in [2.45, 2.75) is 18.9 Å². The van der Waals surface area contributed by atoms with Crippen molar-refractivity contribution in [2.24, 2.45) is 5.10 Å². The van der Waals surface area contributed by atoms with E-state index >= 15 is 0 Å². The van der Waals surface area contributed by atoms with Crippen LogP contribution in [-0.4, -0.2) is 34.7 Å². The molecule has 6 nitrogen and oxygen atoms in total. The van der Waals surface area contributed by atoms with Gasteiger partial charge < -0.3 is 5.32 Å². The quantitative estimate of drug-likeness (QED) is 0.639. The summed E-state index contributed by atoms with van der Waals surface area (Å²) in [6.45, 7) is 0.890. The molecule has 1 fully saturated rings. The molecule has 1 aliphatic heterocycles. The first-order chi connectivity index (χ1) is 9.84. The number of rotatable bonds is 3. The Hall–Kier alpha value is -2.34. The smallest absolute Gasteiger partial charge is 0.257 e. The standard InChI is InChI=1S/C14H15N5O/c20-14(12-5-2-6-15-12)19-18-9-10-3-1-4-11-13(10)17-8-7-16-11/h1,3-4,7-9,12,15H,2,5-6H2,(H,19,20)/b18-9-/t12-/m0/s1. The summed E-state index contributed by atoms with van der Waals surface area (Å²) in [4.78, 5) is 20.3. The maximum atomic E-state index is 11.8. The summed E-state index contributed by atoms with van der Waals surface area (Å²) in [5.74, 6) is -0.0925. The third kappa shape index (κ3) is 2.65. The SMILES string of the molecule is O=C(N/N=C\c1cccc2nccnc12)[C@@H]1CCCN1.